The second-order valence-corrected chi connectivity index (χ2v) is 5.36. The van der Waals surface area contributed by atoms with Crippen molar-refractivity contribution in [3.05, 3.63) is 69.3 Å². The molecule has 0 atom stereocenters. The van der Waals surface area contributed by atoms with E-state index in [1.54, 1.807) is 6.07 Å². The Kier molecular flexibility index (Phi) is 5.55. The molecule has 2 aromatic carbocycles. The molecule has 0 saturated carbocycles. The Balaban J connectivity index is 2.23. The number of phenols is 2. The average Bonchev–Trinajstić information content (AvgIpc) is 2.55. The van der Waals surface area contributed by atoms with Gasteiger partial charge in [-0.25, -0.2) is 0 Å². The van der Waals surface area contributed by atoms with E-state index in [0.29, 0.717) is 29.0 Å². The third-order valence-corrected chi connectivity index (χ3v) is 3.54. The van der Waals surface area contributed by atoms with Crippen molar-refractivity contribution in [2.24, 2.45) is 0 Å². The second-order valence-electron chi connectivity index (χ2n) is 4.99. The number of phenolic OH excluding ortho intramolecular Hbond substituents is 2. The summed E-state index contributed by atoms with van der Waals surface area (Å²) in [6, 6.07) is 8.30. The molecule has 6 nitrogen and oxygen atoms in total. The lowest BCUT2D eigenvalue weighted by Gasteiger charge is -2.04. The summed E-state index contributed by atoms with van der Waals surface area (Å²) >= 11 is 5.65. The minimum absolute atomic E-state index is 0.0744. The molecule has 0 aliphatic rings. The van der Waals surface area contributed by atoms with E-state index >= 15 is 0 Å². The zero-order valence-corrected chi connectivity index (χ0v) is 13.2. The normalized spacial score (nSPS) is 10.9. The molecule has 0 fully saturated rings. The number of allylic oxidation sites excluding steroid dienone is 1. The van der Waals surface area contributed by atoms with Gasteiger partial charge in [-0.3, -0.25) is 14.9 Å². The van der Waals surface area contributed by atoms with Gasteiger partial charge in [-0.05, 0) is 47.9 Å². The van der Waals surface area contributed by atoms with Crippen molar-refractivity contribution in [1.29, 1.82) is 0 Å². The van der Waals surface area contributed by atoms with Gasteiger partial charge in [0.05, 0.1) is 4.92 Å². The van der Waals surface area contributed by atoms with Gasteiger partial charge in [0, 0.05) is 17.5 Å². The fraction of sp³-hybridized carbons (Fsp3) is 0.118. The second kappa shape index (κ2) is 7.61. The number of nitro benzene ring substituents is 1. The maximum Gasteiger partial charge on any atom is 0.311 e. The van der Waals surface area contributed by atoms with Crippen LogP contribution >= 0.6 is 11.6 Å². The number of hydrogen-bond donors (Lipinski definition) is 2. The van der Waals surface area contributed by atoms with Crippen LogP contribution in [-0.2, 0) is 6.42 Å². The minimum Gasteiger partial charge on any atom is -0.508 e. The van der Waals surface area contributed by atoms with Gasteiger partial charge in [0.2, 0.25) is 0 Å². The SMILES string of the molecule is O=C(C=Cc1ccc(O)c([N+](=O)[O-])c1)c1ccc(O)c(CCCl)c1. The zero-order valence-electron chi connectivity index (χ0n) is 12.5. The number of nitrogens with zero attached hydrogens (tertiary/aromatic N) is 1. The van der Waals surface area contributed by atoms with Crippen LogP contribution in [0.2, 0.25) is 0 Å². The third kappa shape index (κ3) is 4.11. The number of nitro groups is 1. The summed E-state index contributed by atoms with van der Waals surface area (Å²) < 4.78 is 0. The lowest BCUT2D eigenvalue weighted by Crippen LogP contribution is -1.97. The molecule has 2 rings (SSSR count). The molecule has 0 bridgehead atoms. The van der Waals surface area contributed by atoms with E-state index in [-0.39, 0.29) is 11.5 Å². The first-order valence-electron chi connectivity index (χ1n) is 7.00. The van der Waals surface area contributed by atoms with Crippen LogP contribution in [0.5, 0.6) is 11.5 Å². The molecule has 2 aromatic rings. The summed E-state index contributed by atoms with van der Waals surface area (Å²) in [5.74, 6) is -0.363. The molecular weight excluding hydrogens is 334 g/mol. The fourth-order valence-corrected chi connectivity index (χ4v) is 2.30. The quantitative estimate of drug-likeness (QED) is 0.273. The highest BCUT2D eigenvalue weighted by Crippen LogP contribution is 2.27. The van der Waals surface area contributed by atoms with Gasteiger partial charge in [-0.1, -0.05) is 12.1 Å². The maximum absolute atomic E-state index is 12.2. The van der Waals surface area contributed by atoms with Gasteiger partial charge in [0.25, 0.3) is 0 Å². The van der Waals surface area contributed by atoms with Crippen LogP contribution in [0, 0.1) is 10.1 Å². The molecule has 0 aliphatic heterocycles. The smallest absolute Gasteiger partial charge is 0.311 e. The number of benzene rings is 2. The standard InChI is InChI=1S/C17H14ClNO5/c18-8-7-13-10-12(3-6-16(13)21)15(20)4-1-11-2-5-17(22)14(9-11)19(23)24/h1-6,9-10,21-22H,7-8H2. The lowest BCUT2D eigenvalue weighted by molar-refractivity contribution is -0.385. The summed E-state index contributed by atoms with van der Waals surface area (Å²) in [6.07, 6.45) is 3.12. The Labute approximate surface area is 142 Å². The summed E-state index contributed by atoms with van der Waals surface area (Å²) in [4.78, 5) is 22.3. The number of ketones is 1. The van der Waals surface area contributed by atoms with Gasteiger partial charge in [0.1, 0.15) is 5.75 Å². The number of halogens is 1. The largest absolute Gasteiger partial charge is 0.508 e. The Hall–Kier alpha value is -2.86. The average molecular weight is 348 g/mol. The van der Waals surface area contributed by atoms with Crippen molar-refractivity contribution < 1.29 is 19.9 Å². The Morgan fingerprint density at radius 1 is 1.17 bits per heavy atom. The van der Waals surface area contributed by atoms with Crippen LogP contribution in [0.4, 0.5) is 5.69 Å². The van der Waals surface area contributed by atoms with Crippen molar-refractivity contribution in [3.63, 3.8) is 0 Å². The van der Waals surface area contributed by atoms with Crippen LogP contribution in [0.15, 0.2) is 42.5 Å². The molecule has 0 saturated heterocycles. The van der Waals surface area contributed by atoms with Crippen molar-refractivity contribution in [2.75, 3.05) is 5.88 Å². The summed E-state index contributed by atoms with van der Waals surface area (Å²) in [7, 11) is 0. The van der Waals surface area contributed by atoms with E-state index < -0.39 is 16.4 Å². The van der Waals surface area contributed by atoms with Gasteiger partial charge in [-0.2, -0.15) is 0 Å². The summed E-state index contributed by atoms with van der Waals surface area (Å²) in [5.41, 5.74) is 0.924. The van der Waals surface area contributed by atoms with Gasteiger partial charge in [0.15, 0.2) is 11.5 Å². The molecule has 24 heavy (non-hydrogen) atoms. The Bertz CT molecular complexity index is 817. The van der Waals surface area contributed by atoms with Crippen LogP contribution in [0.1, 0.15) is 21.5 Å². The van der Waals surface area contributed by atoms with Crippen molar-refractivity contribution in [2.45, 2.75) is 6.42 Å². The molecule has 2 N–H and O–H groups in total. The minimum atomic E-state index is -0.701. The summed E-state index contributed by atoms with van der Waals surface area (Å²) in [5, 5.41) is 29.9. The maximum atomic E-state index is 12.2. The zero-order chi connectivity index (χ0) is 17.7. The third-order valence-electron chi connectivity index (χ3n) is 3.35. The van der Waals surface area contributed by atoms with Crippen LogP contribution in [-0.4, -0.2) is 26.8 Å². The van der Waals surface area contributed by atoms with Crippen molar-refractivity contribution in [3.8, 4) is 11.5 Å². The molecule has 7 heteroatoms. The summed E-state index contributed by atoms with van der Waals surface area (Å²) in [6.45, 7) is 0. The van der Waals surface area contributed by atoms with Crippen LogP contribution < -0.4 is 0 Å². The first-order valence-corrected chi connectivity index (χ1v) is 7.53. The first-order chi connectivity index (χ1) is 11.4. The molecular formula is C17H14ClNO5. The molecule has 0 heterocycles. The highest BCUT2D eigenvalue weighted by molar-refractivity contribution is 6.18. The monoisotopic (exact) mass is 347 g/mol. The first kappa shape index (κ1) is 17.5. The van der Waals surface area contributed by atoms with E-state index in [9.17, 15) is 25.1 Å². The number of rotatable bonds is 6. The van der Waals surface area contributed by atoms with E-state index in [1.165, 1.54) is 42.5 Å². The van der Waals surface area contributed by atoms with E-state index in [1.807, 2.05) is 0 Å². The Morgan fingerprint density at radius 3 is 2.54 bits per heavy atom. The number of hydrogen-bond acceptors (Lipinski definition) is 5. The Morgan fingerprint density at radius 2 is 1.88 bits per heavy atom. The predicted octanol–water partition coefficient (Wildman–Crippen LogP) is 3.68. The van der Waals surface area contributed by atoms with Crippen molar-refractivity contribution >= 4 is 29.1 Å². The highest BCUT2D eigenvalue weighted by Gasteiger charge is 2.13. The van der Waals surface area contributed by atoms with Gasteiger partial charge in [-0.15, -0.1) is 11.6 Å². The molecule has 0 amide bonds. The van der Waals surface area contributed by atoms with E-state index in [0.717, 1.165) is 0 Å². The molecule has 0 aromatic heterocycles. The van der Waals surface area contributed by atoms with Crippen LogP contribution in [0.25, 0.3) is 6.08 Å². The number of aromatic hydroxyl groups is 2. The molecule has 124 valence electrons. The van der Waals surface area contributed by atoms with Crippen molar-refractivity contribution in [1.82, 2.24) is 0 Å². The topological polar surface area (TPSA) is 101 Å². The lowest BCUT2D eigenvalue weighted by atomic mass is 10.0. The predicted molar refractivity (Wildman–Crippen MR) is 90.7 cm³/mol. The number of alkyl halides is 1. The van der Waals surface area contributed by atoms with E-state index in [2.05, 4.69) is 0 Å². The van der Waals surface area contributed by atoms with Gasteiger partial charge >= 0.3 is 5.69 Å². The number of aryl methyl sites for hydroxylation is 1. The molecule has 0 aliphatic carbocycles. The fourth-order valence-electron chi connectivity index (χ4n) is 2.10. The van der Waals surface area contributed by atoms with Gasteiger partial charge < -0.3 is 10.2 Å². The highest BCUT2D eigenvalue weighted by atomic mass is 35.5. The number of carbonyl (C=O) groups excluding carboxylic acids is 1. The van der Waals surface area contributed by atoms with E-state index in [4.69, 9.17) is 11.6 Å². The van der Waals surface area contributed by atoms with Crippen LogP contribution in [0.3, 0.4) is 0 Å². The molecule has 0 spiro atoms. The molecule has 0 radical (unpaired) electrons. The molecule has 0 unspecified atom stereocenters. The number of carbonyl (C=O) groups is 1.